The molecule has 0 aliphatic heterocycles. The highest BCUT2D eigenvalue weighted by Gasteiger charge is 2.44. The lowest BCUT2D eigenvalue weighted by Gasteiger charge is -2.36. The lowest BCUT2D eigenvalue weighted by molar-refractivity contribution is 0.0991. The summed E-state index contributed by atoms with van der Waals surface area (Å²) in [6.45, 7) is 1.92. The summed E-state index contributed by atoms with van der Waals surface area (Å²) in [7, 11) is 0. The smallest absolute Gasteiger partial charge is 0.248 e. The van der Waals surface area contributed by atoms with E-state index in [0.29, 0.717) is 47.6 Å². The van der Waals surface area contributed by atoms with Gasteiger partial charge in [-0.2, -0.15) is 5.10 Å². The molecule has 7 N–H and O–H groups in total. The molecule has 188 valence electrons. The largest absolute Gasteiger partial charge is 0.366 e. The van der Waals surface area contributed by atoms with Gasteiger partial charge in [0.25, 0.3) is 0 Å². The third-order valence-corrected chi connectivity index (χ3v) is 6.98. The van der Waals surface area contributed by atoms with Crippen molar-refractivity contribution in [1.29, 1.82) is 0 Å². The number of rotatable bonds is 6. The Morgan fingerprint density at radius 1 is 0.946 bits per heavy atom. The number of aromatic amines is 1. The molecule has 1 heterocycles. The fraction of sp³-hybridized carbons (Fsp3) is 0.214. The molecule has 0 spiro atoms. The van der Waals surface area contributed by atoms with Crippen LogP contribution >= 0.6 is 0 Å². The Hall–Kier alpha value is -4.37. The van der Waals surface area contributed by atoms with Gasteiger partial charge in [-0.15, -0.1) is 0 Å². The van der Waals surface area contributed by atoms with Gasteiger partial charge in [-0.1, -0.05) is 12.1 Å². The van der Waals surface area contributed by atoms with Gasteiger partial charge in [0.05, 0.1) is 5.41 Å². The fourth-order valence-electron chi connectivity index (χ4n) is 5.39. The topological polar surface area (TPSA) is 154 Å². The third kappa shape index (κ3) is 4.27. The number of amides is 2. The molecule has 3 aromatic carbocycles. The maximum absolute atomic E-state index is 13.5. The minimum Gasteiger partial charge on any atom is -0.366 e. The van der Waals surface area contributed by atoms with Crippen LogP contribution in [0.4, 0.5) is 4.39 Å². The Morgan fingerprint density at radius 3 is 1.97 bits per heavy atom. The summed E-state index contributed by atoms with van der Waals surface area (Å²) in [6, 6.07) is 16.5. The van der Waals surface area contributed by atoms with Crippen molar-refractivity contribution in [3.63, 3.8) is 0 Å². The maximum Gasteiger partial charge on any atom is 0.248 e. The number of aryl methyl sites for hydroxylation is 2. The number of nitrogens with one attached hydrogen (secondary N) is 1. The number of fused-ring (bicyclic) bond motifs is 2. The highest BCUT2D eigenvalue weighted by molar-refractivity contribution is 5.94. The summed E-state index contributed by atoms with van der Waals surface area (Å²) in [5, 5.41) is 7.59. The number of aromatic nitrogens is 3. The lowest BCUT2D eigenvalue weighted by atomic mass is 9.68. The van der Waals surface area contributed by atoms with E-state index in [-0.39, 0.29) is 11.9 Å². The molecule has 1 aliphatic rings. The molecule has 0 bridgehead atoms. The molecule has 0 fully saturated rings. The van der Waals surface area contributed by atoms with Crippen molar-refractivity contribution in [2.24, 2.45) is 17.2 Å². The predicted octanol–water partition coefficient (Wildman–Crippen LogP) is 2.98. The Balaban J connectivity index is 1.81. The minimum absolute atomic E-state index is 0.259. The fourth-order valence-corrected chi connectivity index (χ4v) is 5.39. The zero-order valence-corrected chi connectivity index (χ0v) is 20.3. The van der Waals surface area contributed by atoms with E-state index in [1.165, 1.54) is 12.1 Å². The van der Waals surface area contributed by atoms with E-state index in [0.717, 1.165) is 22.3 Å². The summed E-state index contributed by atoms with van der Waals surface area (Å²) in [5.74, 6) is -0.426. The molecule has 5 rings (SSSR count). The van der Waals surface area contributed by atoms with Gasteiger partial charge in [-0.25, -0.2) is 9.37 Å². The van der Waals surface area contributed by atoms with E-state index in [9.17, 15) is 14.0 Å². The molecule has 1 aliphatic carbocycles. The van der Waals surface area contributed by atoms with Crippen LogP contribution in [0.2, 0.25) is 0 Å². The van der Waals surface area contributed by atoms with Crippen molar-refractivity contribution in [2.45, 2.75) is 37.6 Å². The van der Waals surface area contributed by atoms with Crippen molar-refractivity contribution >= 4 is 11.8 Å². The molecule has 1 aromatic heterocycles. The summed E-state index contributed by atoms with van der Waals surface area (Å²) >= 11 is 0. The molecule has 37 heavy (non-hydrogen) atoms. The van der Waals surface area contributed by atoms with Crippen LogP contribution in [0.25, 0.3) is 11.4 Å². The summed E-state index contributed by atoms with van der Waals surface area (Å²) in [6.07, 6.45) is 1.66. The van der Waals surface area contributed by atoms with E-state index in [4.69, 9.17) is 22.2 Å². The number of H-pyrrole nitrogens is 1. The van der Waals surface area contributed by atoms with Crippen LogP contribution in [0.1, 0.15) is 62.1 Å². The van der Waals surface area contributed by atoms with Crippen LogP contribution in [0.15, 0.2) is 60.7 Å². The van der Waals surface area contributed by atoms with Gasteiger partial charge in [0.15, 0.2) is 5.82 Å². The normalized spacial score (nSPS) is 14.8. The third-order valence-electron chi connectivity index (χ3n) is 6.98. The van der Waals surface area contributed by atoms with Crippen LogP contribution < -0.4 is 17.2 Å². The zero-order chi connectivity index (χ0) is 26.3. The Bertz CT molecular complexity index is 1440. The average molecular weight is 499 g/mol. The number of hydrogen-bond donors (Lipinski definition) is 4. The van der Waals surface area contributed by atoms with Gasteiger partial charge in [0.2, 0.25) is 11.8 Å². The molecule has 9 heteroatoms. The minimum atomic E-state index is -0.882. The van der Waals surface area contributed by atoms with Crippen molar-refractivity contribution in [1.82, 2.24) is 15.2 Å². The van der Waals surface area contributed by atoms with E-state index in [2.05, 4.69) is 10.2 Å². The van der Waals surface area contributed by atoms with Crippen molar-refractivity contribution in [3.8, 4) is 11.4 Å². The number of carbonyl (C=O) groups is 2. The SMILES string of the molecule is C[C@@H](N)CC1(c2nc(-c3ccc(F)cc3)n[nH]2)c2ccc(C(N)=O)cc2CCc2cc(C(N)=O)ccc21. The van der Waals surface area contributed by atoms with Gasteiger partial charge in [-0.05, 0) is 97.0 Å². The van der Waals surface area contributed by atoms with Crippen LogP contribution in [0, 0.1) is 5.82 Å². The Kier molecular flexibility index (Phi) is 6.08. The number of benzene rings is 3. The molecule has 1 atom stereocenters. The molecule has 0 unspecified atom stereocenters. The van der Waals surface area contributed by atoms with Crippen LogP contribution in [-0.4, -0.2) is 33.0 Å². The Morgan fingerprint density at radius 2 is 1.49 bits per heavy atom. The van der Waals surface area contributed by atoms with Crippen LogP contribution in [-0.2, 0) is 18.3 Å². The molecule has 8 nitrogen and oxygen atoms in total. The molecule has 2 amide bonds. The second-order valence-electron chi connectivity index (χ2n) is 9.57. The second-order valence-corrected chi connectivity index (χ2v) is 9.57. The number of primary amides is 2. The summed E-state index contributed by atoms with van der Waals surface area (Å²) in [4.78, 5) is 28.9. The number of carbonyl (C=O) groups excluding carboxylic acids is 2. The van der Waals surface area contributed by atoms with Gasteiger partial charge < -0.3 is 17.2 Å². The quantitative estimate of drug-likeness (QED) is 0.322. The number of hydrogen-bond acceptors (Lipinski definition) is 5. The highest BCUT2D eigenvalue weighted by atomic mass is 19.1. The van der Waals surface area contributed by atoms with Crippen LogP contribution in [0.5, 0.6) is 0 Å². The number of nitrogens with two attached hydrogens (primary N) is 3. The van der Waals surface area contributed by atoms with Gasteiger partial charge in [-0.3, -0.25) is 14.7 Å². The number of halogens is 1. The zero-order valence-electron chi connectivity index (χ0n) is 20.3. The molecule has 0 saturated heterocycles. The molecule has 0 saturated carbocycles. The number of nitrogens with zero attached hydrogens (tertiary/aromatic N) is 2. The molecule has 4 aromatic rings. The van der Waals surface area contributed by atoms with E-state index >= 15 is 0 Å². The van der Waals surface area contributed by atoms with Crippen molar-refractivity contribution in [2.75, 3.05) is 0 Å². The molecular weight excluding hydrogens is 471 g/mol. The molecule has 0 radical (unpaired) electrons. The van der Waals surface area contributed by atoms with Crippen molar-refractivity contribution < 1.29 is 14.0 Å². The maximum atomic E-state index is 13.5. The van der Waals surface area contributed by atoms with Crippen molar-refractivity contribution in [3.05, 3.63) is 106 Å². The van der Waals surface area contributed by atoms with E-state index in [1.54, 1.807) is 24.3 Å². The first-order valence-corrected chi connectivity index (χ1v) is 12.0. The first-order chi connectivity index (χ1) is 17.7. The Labute approximate surface area is 213 Å². The highest BCUT2D eigenvalue weighted by Crippen LogP contribution is 2.47. The first-order valence-electron chi connectivity index (χ1n) is 12.0. The van der Waals surface area contributed by atoms with Gasteiger partial charge in [0, 0.05) is 22.7 Å². The predicted molar refractivity (Wildman–Crippen MR) is 137 cm³/mol. The molecular formula is C28H27FN6O2. The lowest BCUT2D eigenvalue weighted by Crippen LogP contribution is -2.38. The first kappa shape index (κ1) is 24.3. The summed E-state index contributed by atoms with van der Waals surface area (Å²) in [5.41, 5.74) is 21.9. The summed E-state index contributed by atoms with van der Waals surface area (Å²) < 4.78 is 13.5. The monoisotopic (exact) mass is 498 g/mol. The van der Waals surface area contributed by atoms with E-state index in [1.807, 2.05) is 31.2 Å². The standard InChI is InChI=1S/C28H27FN6O2/c1-15(30)14-28(27-33-26(34-35-27)16-4-8-21(29)9-5-16)22-10-6-19(24(31)36)12-17(22)2-3-18-13-20(25(32)37)7-11-23(18)28/h4-13,15H,2-3,14,30H2,1H3,(H2,31,36)(H2,32,37)(H,33,34,35)/t15-/m1/s1. The van der Waals surface area contributed by atoms with Gasteiger partial charge in [0.1, 0.15) is 11.6 Å². The van der Waals surface area contributed by atoms with E-state index < -0.39 is 17.2 Å². The van der Waals surface area contributed by atoms with Gasteiger partial charge >= 0.3 is 0 Å². The second kappa shape index (κ2) is 9.25. The van der Waals surface area contributed by atoms with Crippen LogP contribution in [0.3, 0.4) is 0 Å². The average Bonchev–Trinajstić information content (AvgIpc) is 3.32.